The van der Waals surface area contributed by atoms with Gasteiger partial charge in [-0.15, -0.1) is 0 Å². The van der Waals surface area contributed by atoms with Crippen molar-refractivity contribution in [2.75, 3.05) is 5.17 Å². The number of benzene rings is 1. The predicted molar refractivity (Wildman–Crippen MR) is 79.3 cm³/mol. The number of urea groups is 1. The fraction of sp³-hybridized carbons (Fsp3) is 0.467. The predicted octanol–water partition coefficient (Wildman–Crippen LogP) is 2.63. The number of carbonyl (C=O) groups excluding carboxylic acids is 2. The molecular formula is C15H21N3O3. The highest BCUT2D eigenvalue weighted by atomic mass is 16.5. The number of amides is 2. The van der Waals surface area contributed by atoms with Gasteiger partial charge in [-0.25, -0.2) is 10.2 Å². The number of anilines is 1. The fourth-order valence-corrected chi connectivity index (χ4v) is 2.46. The molecule has 6 nitrogen and oxygen atoms in total. The number of ketones is 1. The molecule has 6 heteroatoms. The van der Waals surface area contributed by atoms with Crippen molar-refractivity contribution >= 4 is 17.5 Å². The number of Topliss-reactive ketones (excluding diaryl/α,β-unsaturated/α-hetero) is 1. The van der Waals surface area contributed by atoms with Crippen LogP contribution in [-0.4, -0.2) is 23.1 Å². The van der Waals surface area contributed by atoms with Gasteiger partial charge in [0.1, 0.15) is 0 Å². The highest BCUT2D eigenvalue weighted by molar-refractivity contribution is 5.94. The van der Waals surface area contributed by atoms with E-state index in [9.17, 15) is 14.8 Å². The molecule has 0 aliphatic heterocycles. The molecule has 3 N–H and O–H groups in total. The minimum Gasteiger partial charge on any atom is -0.334 e. The minimum atomic E-state index is -0.431. The topological polar surface area (TPSA) is 81.7 Å². The van der Waals surface area contributed by atoms with Gasteiger partial charge in [0.25, 0.3) is 0 Å². The second-order valence-electron chi connectivity index (χ2n) is 5.34. The molecule has 0 heterocycles. The zero-order valence-electron chi connectivity index (χ0n) is 12.1. The Hall–Kier alpha value is -2.08. The van der Waals surface area contributed by atoms with Crippen LogP contribution in [0.4, 0.5) is 10.5 Å². The van der Waals surface area contributed by atoms with Crippen molar-refractivity contribution in [2.45, 2.75) is 45.1 Å². The van der Waals surface area contributed by atoms with E-state index < -0.39 is 6.03 Å². The Balaban J connectivity index is 1.86. The van der Waals surface area contributed by atoms with Crippen LogP contribution in [0, 0.1) is 0 Å². The van der Waals surface area contributed by atoms with E-state index >= 15 is 0 Å². The molecule has 0 unspecified atom stereocenters. The first-order valence-corrected chi connectivity index (χ1v) is 7.23. The highest BCUT2D eigenvalue weighted by Gasteiger charge is 2.16. The third-order valence-corrected chi connectivity index (χ3v) is 3.67. The fourth-order valence-electron chi connectivity index (χ4n) is 2.46. The van der Waals surface area contributed by atoms with Crippen LogP contribution in [0.2, 0.25) is 0 Å². The molecule has 0 spiro atoms. The molecule has 2 rings (SSSR count). The van der Waals surface area contributed by atoms with Crippen molar-refractivity contribution in [3.8, 4) is 0 Å². The van der Waals surface area contributed by atoms with Crippen LogP contribution in [0.15, 0.2) is 24.3 Å². The van der Waals surface area contributed by atoms with Crippen LogP contribution in [0.25, 0.3) is 0 Å². The van der Waals surface area contributed by atoms with Crippen molar-refractivity contribution in [3.63, 3.8) is 0 Å². The summed E-state index contributed by atoms with van der Waals surface area (Å²) >= 11 is 0. The summed E-state index contributed by atoms with van der Waals surface area (Å²) < 4.78 is 0. The number of hydrogen-bond acceptors (Lipinski definition) is 4. The van der Waals surface area contributed by atoms with E-state index in [-0.39, 0.29) is 11.8 Å². The summed E-state index contributed by atoms with van der Waals surface area (Å²) in [6.07, 6.45) is 5.42. The van der Waals surface area contributed by atoms with Crippen molar-refractivity contribution in [1.82, 2.24) is 10.7 Å². The maximum Gasteiger partial charge on any atom is 0.335 e. The first-order valence-electron chi connectivity index (χ1n) is 7.23. The van der Waals surface area contributed by atoms with Gasteiger partial charge in [0.15, 0.2) is 5.78 Å². The van der Waals surface area contributed by atoms with E-state index in [4.69, 9.17) is 0 Å². The molecule has 1 aliphatic rings. The zero-order chi connectivity index (χ0) is 15.2. The number of hydrogen-bond donors (Lipinski definition) is 3. The zero-order valence-corrected chi connectivity index (χ0v) is 12.1. The van der Waals surface area contributed by atoms with Gasteiger partial charge >= 0.3 is 6.03 Å². The molecule has 0 aromatic heterocycles. The van der Waals surface area contributed by atoms with E-state index in [1.54, 1.807) is 24.3 Å². The van der Waals surface area contributed by atoms with Gasteiger partial charge in [-0.3, -0.25) is 10.0 Å². The summed E-state index contributed by atoms with van der Waals surface area (Å²) in [7, 11) is 0. The third-order valence-electron chi connectivity index (χ3n) is 3.67. The normalized spacial score (nSPS) is 15.3. The van der Waals surface area contributed by atoms with E-state index in [1.807, 2.05) is 0 Å². The second kappa shape index (κ2) is 7.08. The van der Waals surface area contributed by atoms with Crippen LogP contribution in [0.5, 0.6) is 0 Å². The number of nitrogens with zero attached hydrogens (tertiary/aromatic N) is 1. The van der Waals surface area contributed by atoms with Crippen LogP contribution >= 0.6 is 0 Å². The molecule has 1 aromatic rings. The lowest BCUT2D eigenvalue weighted by Gasteiger charge is -2.24. The molecule has 1 fully saturated rings. The van der Waals surface area contributed by atoms with Gasteiger partial charge in [-0.1, -0.05) is 19.3 Å². The van der Waals surface area contributed by atoms with Crippen LogP contribution < -0.4 is 15.9 Å². The van der Waals surface area contributed by atoms with Crippen molar-refractivity contribution in [3.05, 3.63) is 29.8 Å². The third kappa shape index (κ3) is 4.46. The molecule has 1 aromatic carbocycles. The Kier molecular flexibility index (Phi) is 5.16. The number of rotatable bonds is 4. The van der Waals surface area contributed by atoms with E-state index in [2.05, 4.69) is 10.7 Å². The number of nitrogens with one attached hydrogen (secondary N) is 2. The summed E-state index contributed by atoms with van der Waals surface area (Å²) in [5, 5.41) is 13.3. The molecule has 0 bridgehead atoms. The van der Waals surface area contributed by atoms with Crippen LogP contribution in [-0.2, 0) is 0 Å². The molecule has 21 heavy (non-hydrogen) atoms. The molecule has 114 valence electrons. The lowest BCUT2D eigenvalue weighted by atomic mass is 9.96. The Bertz CT molecular complexity index is 495. The maximum atomic E-state index is 11.8. The SMILES string of the molecule is CC(=O)c1ccc(N(O)NC(=O)NC2CCCCC2)cc1. The molecule has 0 atom stereocenters. The quantitative estimate of drug-likeness (QED) is 0.588. The molecule has 0 radical (unpaired) electrons. The molecule has 1 saturated carbocycles. The molecule has 0 saturated heterocycles. The highest BCUT2D eigenvalue weighted by Crippen LogP contribution is 2.17. The lowest BCUT2D eigenvalue weighted by molar-refractivity contribution is 0.101. The first kappa shape index (κ1) is 15.3. The Labute approximate surface area is 124 Å². The summed E-state index contributed by atoms with van der Waals surface area (Å²) in [5.74, 6) is -0.0472. The van der Waals surface area contributed by atoms with Gasteiger partial charge in [-0.2, -0.15) is 5.17 Å². The summed E-state index contributed by atoms with van der Waals surface area (Å²) in [6, 6.07) is 6.07. The van der Waals surface area contributed by atoms with Gasteiger partial charge in [0.2, 0.25) is 0 Å². The number of hydrazine groups is 1. The standard InChI is InChI=1S/C15H21N3O3/c1-11(19)12-7-9-14(10-8-12)18(21)17-15(20)16-13-5-3-2-4-6-13/h7-10,13,21H,2-6H2,1H3,(H2,16,17,20). The monoisotopic (exact) mass is 291 g/mol. The van der Waals surface area contributed by atoms with E-state index in [0.29, 0.717) is 16.4 Å². The average molecular weight is 291 g/mol. The Morgan fingerprint density at radius 1 is 1.14 bits per heavy atom. The maximum absolute atomic E-state index is 11.8. The van der Waals surface area contributed by atoms with Crippen molar-refractivity contribution in [1.29, 1.82) is 0 Å². The smallest absolute Gasteiger partial charge is 0.334 e. The lowest BCUT2D eigenvalue weighted by Crippen LogP contribution is -2.49. The largest absolute Gasteiger partial charge is 0.335 e. The summed E-state index contributed by atoms with van der Waals surface area (Å²) in [4.78, 5) is 23.0. The second-order valence-corrected chi connectivity index (χ2v) is 5.34. The van der Waals surface area contributed by atoms with Gasteiger partial charge in [0.05, 0.1) is 5.69 Å². The van der Waals surface area contributed by atoms with Crippen molar-refractivity contribution < 1.29 is 14.8 Å². The minimum absolute atomic E-state index is 0.0472. The molecule has 2 amide bonds. The Morgan fingerprint density at radius 2 is 1.76 bits per heavy atom. The first-order chi connectivity index (χ1) is 10.1. The van der Waals surface area contributed by atoms with Gasteiger partial charge < -0.3 is 5.32 Å². The van der Waals surface area contributed by atoms with E-state index in [0.717, 1.165) is 25.7 Å². The van der Waals surface area contributed by atoms with Crippen LogP contribution in [0.3, 0.4) is 0 Å². The average Bonchev–Trinajstić information content (AvgIpc) is 2.48. The molecular weight excluding hydrogens is 270 g/mol. The van der Waals surface area contributed by atoms with Crippen LogP contribution in [0.1, 0.15) is 49.4 Å². The molecule has 1 aliphatic carbocycles. The van der Waals surface area contributed by atoms with Gasteiger partial charge in [0, 0.05) is 11.6 Å². The van der Waals surface area contributed by atoms with Gasteiger partial charge in [-0.05, 0) is 44.0 Å². The Morgan fingerprint density at radius 3 is 2.33 bits per heavy atom. The number of carbonyl (C=O) groups is 2. The summed E-state index contributed by atoms with van der Waals surface area (Å²) in [6.45, 7) is 1.47. The van der Waals surface area contributed by atoms with Crippen molar-refractivity contribution in [2.24, 2.45) is 0 Å². The summed E-state index contributed by atoms with van der Waals surface area (Å²) in [5.41, 5.74) is 3.29. The van der Waals surface area contributed by atoms with E-state index in [1.165, 1.54) is 13.3 Å².